The second-order valence-electron chi connectivity index (χ2n) is 7.17. The monoisotopic (exact) mass is 426 g/mol. The van der Waals surface area contributed by atoms with Gasteiger partial charge < -0.3 is 10.2 Å². The number of hydrogen-bond acceptors (Lipinski definition) is 4. The first-order valence-electron chi connectivity index (χ1n) is 9.48. The highest BCUT2D eigenvalue weighted by atomic mass is 35.5. The molecule has 0 aliphatic carbocycles. The largest absolute Gasteiger partial charge is 0.382 e. The number of carbonyl (C=O) groups excluding carboxylic acids is 1. The number of oxime groups is 1. The maximum absolute atomic E-state index is 13.1. The minimum Gasteiger partial charge on any atom is -0.382 e. The van der Waals surface area contributed by atoms with Crippen molar-refractivity contribution in [3.8, 4) is 0 Å². The van der Waals surface area contributed by atoms with E-state index in [1.807, 2.05) is 42.8 Å². The average molecular weight is 427 g/mol. The van der Waals surface area contributed by atoms with E-state index in [1.54, 1.807) is 12.1 Å². The van der Waals surface area contributed by atoms with E-state index in [4.69, 9.17) is 16.4 Å². The van der Waals surface area contributed by atoms with E-state index >= 15 is 0 Å². The van der Waals surface area contributed by atoms with Gasteiger partial charge in [0.05, 0.1) is 29.3 Å². The van der Waals surface area contributed by atoms with E-state index in [2.05, 4.69) is 15.6 Å². The summed E-state index contributed by atoms with van der Waals surface area (Å²) in [6.07, 6.45) is -0.438. The zero-order valence-electron chi connectivity index (χ0n) is 16.5. The maximum Gasteiger partial charge on any atom is 0.268 e. The van der Waals surface area contributed by atoms with Crippen molar-refractivity contribution >= 4 is 28.9 Å². The molecule has 3 aromatic rings. The molecule has 1 unspecified atom stereocenters. The molecule has 1 aliphatic heterocycles. The lowest BCUT2D eigenvalue weighted by Gasteiger charge is -2.10. The highest BCUT2D eigenvalue weighted by Crippen LogP contribution is 2.24. The van der Waals surface area contributed by atoms with Gasteiger partial charge in [0.15, 0.2) is 0 Å². The fraction of sp³-hybridized carbons (Fsp3) is 0.227. The number of rotatable bonds is 5. The quantitative estimate of drug-likeness (QED) is 0.654. The van der Waals surface area contributed by atoms with Gasteiger partial charge in [-0.05, 0) is 49.2 Å². The van der Waals surface area contributed by atoms with Crippen LogP contribution < -0.4 is 5.32 Å². The minimum absolute atomic E-state index is 0.302. The first-order valence-corrected chi connectivity index (χ1v) is 9.86. The van der Waals surface area contributed by atoms with Crippen LogP contribution in [0.1, 0.15) is 28.9 Å². The zero-order valence-corrected chi connectivity index (χ0v) is 17.3. The Morgan fingerprint density at radius 1 is 1.27 bits per heavy atom. The number of hydrogen-bond donors (Lipinski definition) is 1. The van der Waals surface area contributed by atoms with Gasteiger partial charge in [0.2, 0.25) is 6.10 Å². The van der Waals surface area contributed by atoms with Gasteiger partial charge in [-0.25, -0.2) is 4.39 Å². The Morgan fingerprint density at radius 2 is 2.03 bits per heavy atom. The first kappa shape index (κ1) is 20.1. The molecule has 1 atom stereocenters. The summed E-state index contributed by atoms with van der Waals surface area (Å²) in [6, 6.07) is 13.5. The number of anilines is 1. The van der Waals surface area contributed by atoms with Crippen LogP contribution in [0.2, 0.25) is 5.02 Å². The summed E-state index contributed by atoms with van der Waals surface area (Å²) in [5, 5.41) is 12.1. The van der Waals surface area contributed by atoms with Crippen LogP contribution in [-0.2, 0) is 16.2 Å². The van der Waals surface area contributed by atoms with Crippen LogP contribution in [0.15, 0.2) is 53.7 Å². The summed E-state index contributed by atoms with van der Waals surface area (Å²) in [5.41, 5.74) is 4.55. The number of carbonyl (C=O) groups is 1. The molecular weight excluding hydrogens is 407 g/mol. The maximum atomic E-state index is 13.1. The Balaban J connectivity index is 1.44. The van der Waals surface area contributed by atoms with E-state index in [0.717, 1.165) is 16.8 Å². The van der Waals surface area contributed by atoms with Crippen molar-refractivity contribution in [2.75, 3.05) is 5.32 Å². The Hall–Kier alpha value is -3.19. The van der Waals surface area contributed by atoms with E-state index < -0.39 is 6.10 Å². The Morgan fingerprint density at radius 3 is 2.77 bits per heavy atom. The summed E-state index contributed by atoms with van der Waals surface area (Å²) in [7, 11) is 0. The zero-order chi connectivity index (χ0) is 21.3. The third-order valence-corrected chi connectivity index (χ3v) is 5.22. The summed E-state index contributed by atoms with van der Waals surface area (Å²) >= 11 is 6.06. The van der Waals surface area contributed by atoms with Gasteiger partial charge in [0.25, 0.3) is 5.91 Å². The second-order valence-corrected chi connectivity index (χ2v) is 7.60. The van der Waals surface area contributed by atoms with Crippen LogP contribution in [0.25, 0.3) is 0 Å². The van der Waals surface area contributed by atoms with Gasteiger partial charge in [-0.15, -0.1) is 0 Å². The number of nitrogens with one attached hydrogen (secondary N) is 1. The summed E-state index contributed by atoms with van der Waals surface area (Å²) < 4.78 is 14.9. The molecule has 0 radical (unpaired) electrons. The van der Waals surface area contributed by atoms with Crippen molar-refractivity contribution in [3.05, 3.63) is 81.9 Å². The van der Waals surface area contributed by atoms with Gasteiger partial charge in [-0.2, -0.15) is 5.10 Å². The molecule has 0 saturated heterocycles. The van der Waals surface area contributed by atoms with Gasteiger partial charge in [-0.1, -0.05) is 41.0 Å². The number of amides is 1. The van der Waals surface area contributed by atoms with Crippen molar-refractivity contribution in [2.45, 2.75) is 32.9 Å². The normalized spacial score (nSPS) is 15.6. The minimum atomic E-state index is -0.750. The Kier molecular flexibility index (Phi) is 5.55. The number of halogens is 2. The van der Waals surface area contributed by atoms with Gasteiger partial charge in [0.1, 0.15) is 5.82 Å². The Bertz CT molecular complexity index is 1120. The lowest BCUT2D eigenvalue weighted by molar-refractivity contribution is -0.125. The molecule has 1 aromatic heterocycles. The smallest absolute Gasteiger partial charge is 0.268 e. The van der Waals surface area contributed by atoms with Crippen molar-refractivity contribution in [2.24, 2.45) is 5.16 Å². The molecule has 0 bridgehead atoms. The van der Waals surface area contributed by atoms with E-state index in [1.165, 1.54) is 12.1 Å². The molecule has 1 amide bonds. The third kappa shape index (κ3) is 4.21. The van der Waals surface area contributed by atoms with Crippen LogP contribution in [-0.4, -0.2) is 27.5 Å². The van der Waals surface area contributed by atoms with Gasteiger partial charge >= 0.3 is 0 Å². The third-order valence-electron chi connectivity index (χ3n) is 4.99. The number of benzene rings is 2. The second kappa shape index (κ2) is 8.28. The molecule has 1 aliphatic rings. The van der Waals surface area contributed by atoms with Gasteiger partial charge in [-0.3, -0.25) is 9.48 Å². The van der Waals surface area contributed by atoms with Crippen LogP contribution in [0.5, 0.6) is 0 Å². The van der Waals surface area contributed by atoms with Crippen molar-refractivity contribution in [3.63, 3.8) is 0 Å². The number of aryl methyl sites for hydroxylation is 1. The number of nitrogens with zero attached hydrogens (tertiary/aromatic N) is 3. The lowest BCUT2D eigenvalue weighted by Crippen LogP contribution is -2.28. The van der Waals surface area contributed by atoms with E-state index in [0.29, 0.717) is 35.1 Å². The summed E-state index contributed by atoms with van der Waals surface area (Å²) in [5.74, 6) is -0.627. The summed E-state index contributed by atoms with van der Waals surface area (Å²) in [4.78, 5) is 18.1. The Labute approximate surface area is 178 Å². The molecule has 0 spiro atoms. The summed E-state index contributed by atoms with van der Waals surface area (Å²) in [6.45, 7) is 4.28. The highest BCUT2D eigenvalue weighted by Gasteiger charge is 2.30. The molecule has 2 aromatic carbocycles. The molecule has 154 valence electrons. The molecular formula is C22H20ClFN4O2. The lowest BCUT2D eigenvalue weighted by atomic mass is 10.0. The predicted octanol–water partition coefficient (Wildman–Crippen LogP) is 4.47. The molecule has 1 N–H and O–H groups in total. The standard InChI is InChI=1S/C22H20ClFN4O2/c1-13-21(14(2)28(26-13)12-15-4-3-5-17(23)10-15)25-22(29)20-11-19(27-30-20)16-6-8-18(24)9-7-16/h3-10,20H,11-12H2,1-2H3,(H,25,29). The SMILES string of the molecule is Cc1nn(Cc2cccc(Cl)c2)c(C)c1NC(=O)C1CC(c2ccc(F)cc2)=NO1. The molecule has 8 heteroatoms. The van der Waals surface area contributed by atoms with Gasteiger partial charge in [0, 0.05) is 11.4 Å². The van der Waals surface area contributed by atoms with Crippen LogP contribution in [0, 0.1) is 19.7 Å². The van der Waals surface area contributed by atoms with E-state index in [9.17, 15) is 9.18 Å². The van der Waals surface area contributed by atoms with Crippen LogP contribution in [0.4, 0.5) is 10.1 Å². The molecule has 2 heterocycles. The van der Waals surface area contributed by atoms with E-state index in [-0.39, 0.29) is 11.7 Å². The van der Waals surface area contributed by atoms with Crippen LogP contribution in [0.3, 0.4) is 0 Å². The molecule has 6 nitrogen and oxygen atoms in total. The average Bonchev–Trinajstić information content (AvgIpc) is 3.30. The highest BCUT2D eigenvalue weighted by molar-refractivity contribution is 6.30. The first-order chi connectivity index (χ1) is 14.4. The predicted molar refractivity (Wildman–Crippen MR) is 113 cm³/mol. The van der Waals surface area contributed by atoms with Crippen molar-refractivity contribution < 1.29 is 14.0 Å². The number of aromatic nitrogens is 2. The van der Waals surface area contributed by atoms with Crippen molar-refractivity contribution in [1.82, 2.24) is 9.78 Å². The molecule has 0 fully saturated rings. The molecule has 30 heavy (non-hydrogen) atoms. The van der Waals surface area contributed by atoms with Crippen LogP contribution >= 0.6 is 11.6 Å². The fourth-order valence-electron chi connectivity index (χ4n) is 3.37. The topological polar surface area (TPSA) is 68.5 Å². The molecule has 4 rings (SSSR count). The van der Waals surface area contributed by atoms with Crippen molar-refractivity contribution in [1.29, 1.82) is 0 Å². The fourth-order valence-corrected chi connectivity index (χ4v) is 3.59. The molecule has 0 saturated carbocycles.